The fourth-order valence-corrected chi connectivity index (χ4v) is 2.09. The first-order valence-electron chi connectivity index (χ1n) is 5.72. The van der Waals surface area contributed by atoms with Gasteiger partial charge in [0, 0.05) is 12.2 Å². The van der Waals surface area contributed by atoms with Crippen LogP contribution in [0.4, 0.5) is 0 Å². The van der Waals surface area contributed by atoms with Gasteiger partial charge in [0.05, 0.1) is 24.5 Å². The molecule has 2 rings (SSSR count). The van der Waals surface area contributed by atoms with Crippen LogP contribution >= 0.6 is 0 Å². The molecule has 0 radical (unpaired) electrons. The fraction of sp³-hybridized carbons (Fsp3) is 0.545. The molecule has 1 atom stereocenters. The van der Waals surface area contributed by atoms with Gasteiger partial charge in [-0.1, -0.05) is 0 Å². The first-order valence-corrected chi connectivity index (χ1v) is 5.72. The van der Waals surface area contributed by atoms with Crippen molar-refractivity contribution in [3.05, 3.63) is 17.0 Å². The van der Waals surface area contributed by atoms with Gasteiger partial charge in [-0.3, -0.25) is 14.7 Å². The van der Waals surface area contributed by atoms with Gasteiger partial charge in [-0.25, -0.2) is 0 Å². The van der Waals surface area contributed by atoms with Crippen LogP contribution in [0.5, 0.6) is 0 Å². The Morgan fingerprint density at radius 1 is 1.50 bits per heavy atom. The smallest absolute Gasteiger partial charge is 0.258 e. The molecule has 0 aliphatic carbocycles. The maximum absolute atomic E-state index is 12.4. The van der Waals surface area contributed by atoms with Gasteiger partial charge in [0.2, 0.25) is 5.91 Å². The van der Waals surface area contributed by atoms with Crippen LogP contribution in [-0.4, -0.2) is 52.7 Å². The third kappa shape index (κ3) is 2.08. The zero-order valence-electron chi connectivity index (χ0n) is 10.4. The second kappa shape index (κ2) is 4.77. The number of aryl methyl sites for hydroxylation is 2. The van der Waals surface area contributed by atoms with Crippen LogP contribution < -0.4 is 5.73 Å². The minimum atomic E-state index is -0.708. The van der Waals surface area contributed by atoms with Crippen LogP contribution in [0, 0.1) is 13.8 Å². The predicted molar refractivity (Wildman–Crippen MR) is 62.9 cm³/mol. The van der Waals surface area contributed by atoms with E-state index in [1.165, 1.54) is 4.90 Å². The molecular formula is C11H16N4O3. The van der Waals surface area contributed by atoms with E-state index in [2.05, 4.69) is 10.2 Å². The number of amides is 2. The number of hydrogen-bond acceptors (Lipinski definition) is 4. The molecule has 7 nitrogen and oxygen atoms in total. The highest BCUT2D eigenvalue weighted by Crippen LogP contribution is 2.16. The predicted octanol–water partition coefficient (Wildman–Crippen LogP) is -0.647. The number of morpholine rings is 1. The van der Waals surface area contributed by atoms with Gasteiger partial charge >= 0.3 is 0 Å². The average Bonchev–Trinajstić information content (AvgIpc) is 2.68. The van der Waals surface area contributed by atoms with Crippen molar-refractivity contribution in [3.8, 4) is 0 Å². The summed E-state index contributed by atoms with van der Waals surface area (Å²) in [5.41, 5.74) is 7.10. The molecule has 1 saturated heterocycles. The molecule has 7 heteroatoms. The molecular weight excluding hydrogens is 236 g/mol. The number of rotatable bonds is 2. The topological polar surface area (TPSA) is 101 Å². The Labute approximate surface area is 104 Å². The number of carbonyl (C=O) groups is 2. The molecule has 0 saturated carbocycles. The van der Waals surface area contributed by atoms with Crippen molar-refractivity contribution in [1.29, 1.82) is 0 Å². The molecule has 2 amide bonds. The van der Waals surface area contributed by atoms with E-state index in [4.69, 9.17) is 10.5 Å². The van der Waals surface area contributed by atoms with Gasteiger partial charge in [0.15, 0.2) is 0 Å². The van der Waals surface area contributed by atoms with E-state index in [1.54, 1.807) is 13.8 Å². The minimum Gasteiger partial charge on any atom is -0.377 e. The van der Waals surface area contributed by atoms with E-state index >= 15 is 0 Å². The molecule has 1 aliphatic rings. The molecule has 18 heavy (non-hydrogen) atoms. The van der Waals surface area contributed by atoms with Gasteiger partial charge in [0.1, 0.15) is 6.04 Å². The fourth-order valence-electron chi connectivity index (χ4n) is 2.09. The van der Waals surface area contributed by atoms with E-state index in [-0.39, 0.29) is 12.5 Å². The lowest BCUT2D eigenvalue weighted by atomic mass is 10.1. The van der Waals surface area contributed by atoms with Crippen molar-refractivity contribution >= 4 is 11.8 Å². The zero-order chi connectivity index (χ0) is 13.3. The highest BCUT2D eigenvalue weighted by Gasteiger charge is 2.33. The van der Waals surface area contributed by atoms with E-state index in [9.17, 15) is 9.59 Å². The number of primary amides is 1. The van der Waals surface area contributed by atoms with Crippen LogP contribution in [0.15, 0.2) is 0 Å². The molecule has 0 bridgehead atoms. The molecule has 2 heterocycles. The second-order valence-corrected chi connectivity index (χ2v) is 4.30. The normalized spacial score (nSPS) is 19.9. The Morgan fingerprint density at radius 3 is 2.78 bits per heavy atom. The maximum Gasteiger partial charge on any atom is 0.258 e. The summed E-state index contributed by atoms with van der Waals surface area (Å²) in [4.78, 5) is 25.2. The Hall–Kier alpha value is -1.89. The van der Waals surface area contributed by atoms with Crippen LogP contribution in [0.1, 0.15) is 21.7 Å². The summed E-state index contributed by atoms with van der Waals surface area (Å²) in [6.07, 6.45) is 0. The molecule has 1 unspecified atom stereocenters. The summed E-state index contributed by atoms with van der Waals surface area (Å²) in [7, 11) is 0. The summed E-state index contributed by atoms with van der Waals surface area (Å²) in [5.74, 6) is -0.785. The van der Waals surface area contributed by atoms with Crippen LogP contribution in [-0.2, 0) is 9.53 Å². The molecule has 1 aliphatic heterocycles. The highest BCUT2D eigenvalue weighted by molar-refractivity contribution is 5.99. The van der Waals surface area contributed by atoms with Crippen molar-refractivity contribution in [2.75, 3.05) is 19.8 Å². The average molecular weight is 252 g/mol. The van der Waals surface area contributed by atoms with Crippen molar-refractivity contribution < 1.29 is 14.3 Å². The molecule has 98 valence electrons. The van der Waals surface area contributed by atoms with E-state index in [1.807, 2.05) is 0 Å². The Bertz CT molecular complexity index is 463. The molecule has 0 aromatic carbocycles. The largest absolute Gasteiger partial charge is 0.377 e. The van der Waals surface area contributed by atoms with Gasteiger partial charge in [-0.2, -0.15) is 5.10 Å². The summed E-state index contributed by atoms with van der Waals surface area (Å²) in [5, 5.41) is 6.74. The lowest BCUT2D eigenvalue weighted by Gasteiger charge is -2.33. The number of nitrogens with two attached hydrogens (primary N) is 1. The third-order valence-corrected chi connectivity index (χ3v) is 3.06. The SMILES string of the molecule is Cc1n[nH]c(C)c1C(=O)N1CCOCC1C(N)=O. The number of ether oxygens (including phenoxy) is 1. The summed E-state index contributed by atoms with van der Waals surface area (Å²) >= 11 is 0. The Morgan fingerprint density at radius 2 is 2.22 bits per heavy atom. The van der Waals surface area contributed by atoms with Crippen molar-refractivity contribution in [2.45, 2.75) is 19.9 Å². The number of nitrogens with zero attached hydrogens (tertiary/aromatic N) is 2. The zero-order valence-corrected chi connectivity index (χ0v) is 10.4. The number of aromatic amines is 1. The highest BCUT2D eigenvalue weighted by atomic mass is 16.5. The van der Waals surface area contributed by atoms with Crippen LogP contribution in [0.25, 0.3) is 0 Å². The summed E-state index contributed by atoms with van der Waals surface area (Å²) in [6.45, 7) is 4.43. The third-order valence-electron chi connectivity index (χ3n) is 3.06. The second-order valence-electron chi connectivity index (χ2n) is 4.30. The van der Waals surface area contributed by atoms with Crippen molar-refractivity contribution in [1.82, 2.24) is 15.1 Å². The monoisotopic (exact) mass is 252 g/mol. The quantitative estimate of drug-likeness (QED) is 0.730. The molecule has 1 aromatic heterocycles. The number of aromatic nitrogens is 2. The van der Waals surface area contributed by atoms with Crippen LogP contribution in [0.3, 0.4) is 0 Å². The number of H-pyrrole nitrogens is 1. The number of carbonyl (C=O) groups excluding carboxylic acids is 2. The lowest BCUT2D eigenvalue weighted by molar-refractivity contribution is -0.127. The van der Waals surface area contributed by atoms with Gasteiger partial charge in [0.25, 0.3) is 5.91 Å². The standard InChI is InChI=1S/C11H16N4O3/c1-6-9(7(2)14-13-6)11(17)15-3-4-18-5-8(15)10(12)16/h8H,3-5H2,1-2H3,(H2,12,16)(H,13,14). The van der Waals surface area contributed by atoms with Gasteiger partial charge < -0.3 is 15.4 Å². The number of hydrogen-bond donors (Lipinski definition) is 2. The minimum absolute atomic E-state index is 0.150. The molecule has 0 spiro atoms. The molecule has 1 aromatic rings. The first-order chi connectivity index (χ1) is 8.52. The number of nitrogens with one attached hydrogen (secondary N) is 1. The van der Waals surface area contributed by atoms with E-state index < -0.39 is 11.9 Å². The lowest BCUT2D eigenvalue weighted by Crippen LogP contribution is -2.54. The van der Waals surface area contributed by atoms with E-state index in [0.29, 0.717) is 30.1 Å². The molecule has 3 N–H and O–H groups in total. The maximum atomic E-state index is 12.4. The Balaban J connectivity index is 2.29. The first kappa shape index (κ1) is 12.6. The Kier molecular flexibility index (Phi) is 3.33. The van der Waals surface area contributed by atoms with E-state index in [0.717, 1.165) is 0 Å². The van der Waals surface area contributed by atoms with Gasteiger partial charge in [-0.15, -0.1) is 0 Å². The summed E-state index contributed by atoms with van der Waals surface area (Å²) < 4.78 is 5.18. The van der Waals surface area contributed by atoms with Gasteiger partial charge in [-0.05, 0) is 13.8 Å². The van der Waals surface area contributed by atoms with Crippen LogP contribution in [0.2, 0.25) is 0 Å². The molecule has 1 fully saturated rings. The summed E-state index contributed by atoms with van der Waals surface area (Å²) in [6, 6.07) is -0.708. The van der Waals surface area contributed by atoms with Crippen molar-refractivity contribution in [2.24, 2.45) is 5.73 Å². The van der Waals surface area contributed by atoms with Crippen molar-refractivity contribution in [3.63, 3.8) is 0 Å².